The Morgan fingerprint density at radius 1 is 1.31 bits per heavy atom. The Morgan fingerprint density at radius 3 is 2.38 bits per heavy atom. The summed E-state index contributed by atoms with van der Waals surface area (Å²) in [5.74, 6) is 0.272. The number of phenols is 1. The third-order valence-electron chi connectivity index (χ3n) is 2.05. The molecule has 0 fully saturated rings. The monoisotopic (exact) mass is 181 g/mol. The van der Waals surface area contributed by atoms with Gasteiger partial charge in [-0.15, -0.1) is 0 Å². The fraction of sp³-hybridized carbons (Fsp3) is 0.400. The second-order valence-electron chi connectivity index (χ2n) is 3.04. The van der Waals surface area contributed by atoms with E-state index in [0.29, 0.717) is 0 Å². The molecule has 0 aromatic heterocycles. The van der Waals surface area contributed by atoms with Gasteiger partial charge in [0.25, 0.3) is 0 Å². The SMILES string of the molecule is CNC(CO)Cc1ccc(O)cc1. The van der Waals surface area contributed by atoms with Gasteiger partial charge in [0.15, 0.2) is 0 Å². The van der Waals surface area contributed by atoms with E-state index in [4.69, 9.17) is 10.2 Å². The van der Waals surface area contributed by atoms with Crippen LogP contribution < -0.4 is 5.32 Å². The Balaban J connectivity index is 2.58. The molecule has 0 heterocycles. The summed E-state index contributed by atoms with van der Waals surface area (Å²) in [5, 5.41) is 21.0. The molecule has 0 saturated carbocycles. The topological polar surface area (TPSA) is 52.5 Å². The average Bonchev–Trinajstić information content (AvgIpc) is 2.17. The van der Waals surface area contributed by atoms with Gasteiger partial charge in [0, 0.05) is 6.04 Å². The maximum Gasteiger partial charge on any atom is 0.115 e. The van der Waals surface area contributed by atoms with Crippen LogP contribution in [0.4, 0.5) is 0 Å². The van der Waals surface area contributed by atoms with Crippen molar-refractivity contribution < 1.29 is 10.2 Å². The van der Waals surface area contributed by atoms with E-state index in [1.807, 2.05) is 19.2 Å². The lowest BCUT2D eigenvalue weighted by Gasteiger charge is -2.12. The van der Waals surface area contributed by atoms with E-state index in [1.165, 1.54) is 0 Å². The van der Waals surface area contributed by atoms with Crippen LogP contribution in [0.2, 0.25) is 0 Å². The number of aromatic hydroxyl groups is 1. The third-order valence-corrected chi connectivity index (χ3v) is 2.05. The van der Waals surface area contributed by atoms with Crippen LogP contribution in [-0.2, 0) is 6.42 Å². The zero-order valence-corrected chi connectivity index (χ0v) is 7.70. The van der Waals surface area contributed by atoms with Crippen LogP contribution in [0.3, 0.4) is 0 Å². The van der Waals surface area contributed by atoms with Crippen molar-refractivity contribution in [3.8, 4) is 5.75 Å². The van der Waals surface area contributed by atoms with Crippen LogP contribution >= 0.6 is 0 Å². The molecular weight excluding hydrogens is 166 g/mol. The van der Waals surface area contributed by atoms with E-state index in [9.17, 15) is 0 Å². The van der Waals surface area contributed by atoms with E-state index in [0.717, 1.165) is 12.0 Å². The molecule has 0 radical (unpaired) electrons. The Kier molecular flexibility index (Phi) is 3.73. The molecule has 3 heteroatoms. The van der Waals surface area contributed by atoms with Crippen molar-refractivity contribution in [2.24, 2.45) is 0 Å². The summed E-state index contributed by atoms with van der Waals surface area (Å²) in [5.41, 5.74) is 1.10. The zero-order valence-electron chi connectivity index (χ0n) is 7.70. The predicted octanol–water partition coefficient (Wildman–Crippen LogP) is 0.515. The highest BCUT2D eigenvalue weighted by Crippen LogP contribution is 2.10. The fourth-order valence-corrected chi connectivity index (χ4v) is 1.17. The summed E-state index contributed by atoms with van der Waals surface area (Å²) in [6, 6.07) is 7.10. The van der Waals surface area contributed by atoms with Crippen molar-refractivity contribution in [2.45, 2.75) is 12.5 Å². The van der Waals surface area contributed by atoms with Crippen LogP contribution in [0.15, 0.2) is 24.3 Å². The second kappa shape index (κ2) is 4.84. The zero-order chi connectivity index (χ0) is 9.68. The number of rotatable bonds is 4. The molecule has 0 aliphatic rings. The lowest BCUT2D eigenvalue weighted by Crippen LogP contribution is -2.31. The molecule has 1 aromatic rings. The Hall–Kier alpha value is -1.06. The fourth-order valence-electron chi connectivity index (χ4n) is 1.17. The third kappa shape index (κ3) is 3.05. The summed E-state index contributed by atoms with van der Waals surface area (Å²) in [6.07, 6.45) is 0.771. The first-order chi connectivity index (χ1) is 6.26. The van der Waals surface area contributed by atoms with Gasteiger partial charge in [-0.2, -0.15) is 0 Å². The van der Waals surface area contributed by atoms with Crippen LogP contribution in [0, 0.1) is 0 Å². The van der Waals surface area contributed by atoms with Gasteiger partial charge in [0.2, 0.25) is 0 Å². The van der Waals surface area contributed by atoms with Crippen molar-refractivity contribution in [1.29, 1.82) is 0 Å². The summed E-state index contributed by atoms with van der Waals surface area (Å²) < 4.78 is 0. The summed E-state index contributed by atoms with van der Waals surface area (Å²) >= 11 is 0. The van der Waals surface area contributed by atoms with Gasteiger partial charge >= 0.3 is 0 Å². The molecule has 1 atom stereocenters. The van der Waals surface area contributed by atoms with E-state index in [2.05, 4.69) is 5.32 Å². The first-order valence-electron chi connectivity index (χ1n) is 4.32. The normalized spacial score (nSPS) is 12.8. The standard InChI is InChI=1S/C10H15NO2/c1-11-9(7-12)6-8-2-4-10(13)5-3-8/h2-5,9,11-13H,6-7H2,1H3. The molecule has 0 aliphatic heterocycles. The van der Waals surface area contributed by atoms with Crippen LogP contribution in [0.1, 0.15) is 5.56 Å². The lowest BCUT2D eigenvalue weighted by atomic mass is 10.1. The largest absolute Gasteiger partial charge is 0.508 e. The molecule has 3 N–H and O–H groups in total. The number of hydrogen-bond donors (Lipinski definition) is 3. The van der Waals surface area contributed by atoms with Crippen LogP contribution in [-0.4, -0.2) is 29.9 Å². The molecule has 1 aromatic carbocycles. The number of likely N-dealkylation sites (N-methyl/N-ethyl adjacent to an activating group) is 1. The second-order valence-corrected chi connectivity index (χ2v) is 3.04. The lowest BCUT2D eigenvalue weighted by molar-refractivity contribution is 0.248. The van der Waals surface area contributed by atoms with Gasteiger partial charge < -0.3 is 15.5 Å². The van der Waals surface area contributed by atoms with Crippen LogP contribution in [0.25, 0.3) is 0 Å². The van der Waals surface area contributed by atoms with E-state index < -0.39 is 0 Å². The number of aliphatic hydroxyl groups excluding tert-OH is 1. The van der Waals surface area contributed by atoms with Gasteiger partial charge in [0.05, 0.1) is 6.61 Å². The highest BCUT2D eigenvalue weighted by atomic mass is 16.3. The molecule has 0 amide bonds. The molecular formula is C10H15NO2. The van der Waals surface area contributed by atoms with Crippen LogP contribution in [0.5, 0.6) is 5.75 Å². The molecule has 13 heavy (non-hydrogen) atoms. The van der Waals surface area contributed by atoms with Crippen molar-refractivity contribution in [3.63, 3.8) is 0 Å². The predicted molar refractivity (Wildman–Crippen MR) is 51.7 cm³/mol. The van der Waals surface area contributed by atoms with E-state index in [1.54, 1.807) is 12.1 Å². The maximum absolute atomic E-state index is 9.04. The van der Waals surface area contributed by atoms with E-state index >= 15 is 0 Å². The Morgan fingerprint density at radius 2 is 1.92 bits per heavy atom. The smallest absolute Gasteiger partial charge is 0.115 e. The molecule has 3 nitrogen and oxygen atoms in total. The van der Waals surface area contributed by atoms with Gasteiger partial charge in [-0.05, 0) is 31.2 Å². The maximum atomic E-state index is 9.04. The number of hydrogen-bond acceptors (Lipinski definition) is 3. The molecule has 0 bridgehead atoms. The summed E-state index contributed by atoms with van der Waals surface area (Å²) in [4.78, 5) is 0. The first-order valence-corrected chi connectivity index (χ1v) is 4.32. The van der Waals surface area contributed by atoms with Gasteiger partial charge in [-0.25, -0.2) is 0 Å². The molecule has 1 unspecified atom stereocenters. The molecule has 72 valence electrons. The van der Waals surface area contributed by atoms with Gasteiger partial charge in [-0.1, -0.05) is 12.1 Å². The van der Waals surface area contributed by atoms with Crippen molar-refractivity contribution >= 4 is 0 Å². The molecule has 1 rings (SSSR count). The number of phenolic OH excluding ortho intramolecular Hbond substituents is 1. The summed E-state index contributed by atoms with van der Waals surface area (Å²) in [6.45, 7) is 0.122. The van der Waals surface area contributed by atoms with Crippen molar-refractivity contribution in [1.82, 2.24) is 5.32 Å². The summed E-state index contributed by atoms with van der Waals surface area (Å²) in [7, 11) is 1.82. The number of nitrogens with one attached hydrogen (secondary N) is 1. The minimum Gasteiger partial charge on any atom is -0.508 e. The van der Waals surface area contributed by atoms with E-state index in [-0.39, 0.29) is 18.4 Å². The highest BCUT2D eigenvalue weighted by Gasteiger charge is 2.04. The molecule has 0 saturated heterocycles. The molecule has 0 aliphatic carbocycles. The average molecular weight is 181 g/mol. The van der Waals surface area contributed by atoms with Gasteiger partial charge in [0.1, 0.15) is 5.75 Å². The van der Waals surface area contributed by atoms with Gasteiger partial charge in [-0.3, -0.25) is 0 Å². The minimum atomic E-state index is 0.0875. The Labute approximate surface area is 78.0 Å². The molecule has 0 spiro atoms. The Bertz CT molecular complexity index is 242. The van der Waals surface area contributed by atoms with Crippen molar-refractivity contribution in [2.75, 3.05) is 13.7 Å². The quantitative estimate of drug-likeness (QED) is 0.634. The first kappa shape index (κ1) is 10.0. The highest BCUT2D eigenvalue weighted by molar-refractivity contribution is 5.26. The van der Waals surface area contributed by atoms with Crippen molar-refractivity contribution in [3.05, 3.63) is 29.8 Å². The number of aliphatic hydroxyl groups is 1. The minimum absolute atomic E-state index is 0.0875. The number of benzene rings is 1.